The van der Waals surface area contributed by atoms with Gasteiger partial charge in [0.2, 0.25) is 11.7 Å². The van der Waals surface area contributed by atoms with E-state index in [0.717, 1.165) is 35.8 Å². The fraction of sp³-hybridized carbons (Fsp3) is 0.238. The van der Waals surface area contributed by atoms with Crippen molar-refractivity contribution in [2.24, 2.45) is 0 Å². The SMILES string of the molecule is COc1ccc(CN2Cc3[nH]cnc3C[C@H]2c2nc(-c3ccncc3)no2)cc1. The van der Waals surface area contributed by atoms with E-state index in [4.69, 9.17) is 9.26 Å². The summed E-state index contributed by atoms with van der Waals surface area (Å²) in [5.41, 5.74) is 4.24. The zero-order chi connectivity index (χ0) is 19.6. The van der Waals surface area contributed by atoms with Crippen molar-refractivity contribution in [2.45, 2.75) is 25.6 Å². The van der Waals surface area contributed by atoms with Gasteiger partial charge in [-0.2, -0.15) is 4.98 Å². The molecule has 0 fully saturated rings. The first-order valence-corrected chi connectivity index (χ1v) is 9.42. The van der Waals surface area contributed by atoms with Gasteiger partial charge in [-0.25, -0.2) is 4.98 Å². The Hall–Kier alpha value is -3.52. The standard InChI is InChI=1S/C21H20N6O2/c1-28-16-4-2-14(3-5-16)11-27-12-18-17(23-13-24-18)10-19(27)21-25-20(26-29-21)15-6-8-22-9-7-15/h2-9,13,19H,10-12H2,1H3,(H,23,24)/t19-/m0/s1. The van der Waals surface area contributed by atoms with Crippen LogP contribution in [-0.4, -0.2) is 37.1 Å². The summed E-state index contributed by atoms with van der Waals surface area (Å²) in [6, 6.07) is 11.8. The van der Waals surface area contributed by atoms with E-state index in [1.165, 1.54) is 5.56 Å². The summed E-state index contributed by atoms with van der Waals surface area (Å²) in [6.45, 7) is 1.49. The quantitative estimate of drug-likeness (QED) is 0.561. The second-order valence-electron chi connectivity index (χ2n) is 6.99. The van der Waals surface area contributed by atoms with Gasteiger partial charge in [0.15, 0.2) is 0 Å². The summed E-state index contributed by atoms with van der Waals surface area (Å²) in [7, 11) is 1.67. The maximum Gasteiger partial charge on any atom is 0.244 e. The van der Waals surface area contributed by atoms with Crippen molar-refractivity contribution in [1.82, 2.24) is 30.0 Å². The Morgan fingerprint density at radius 2 is 2.00 bits per heavy atom. The van der Waals surface area contributed by atoms with Crippen LogP contribution in [0.15, 0.2) is 59.6 Å². The number of imidazole rings is 1. The molecule has 4 heterocycles. The molecule has 0 radical (unpaired) electrons. The molecule has 0 saturated carbocycles. The predicted octanol–water partition coefficient (Wildman–Crippen LogP) is 3.16. The first-order valence-electron chi connectivity index (χ1n) is 9.42. The molecule has 4 aromatic rings. The highest BCUT2D eigenvalue weighted by Crippen LogP contribution is 2.33. The van der Waals surface area contributed by atoms with Gasteiger partial charge in [0.25, 0.3) is 0 Å². The first-order chi connectivity index (χ1) is 14.3. The Balaban J connectivity index is 1.44. The first kappa shape index (κ1) is 17.6. The van der Waals surface area contributed by atoms with Crippen molar-refractivity contribution < 1.29 is 9.26 Å². The Labute approximate surface area is 167 Å². The third kappa shape index (κ3) is 3.50. The number of aromatic nitrogens is 5. The van der Waals surface area contributed by atoms with Gasteiger partial charge in [0, 0.05) is 37.5 Å². The highest BCUT2D eigenvalue weighted by Gasteiger charge is 2.33. The molecule has 5 rings (SSSR count). The Bertz CT molecular complexity index is 1090. The van der Waals surface area contributed by atoms with Crippen LogP contribution >= 0.6 is 0 Å². The minimum atomic E-state index is -0.0454. The Morgan fingerprint density at radius 3 is 2.79 bits per heavy atom. The minimum Gasteiger partial charge on any atom is -0.497 e. The molecule has 1 N–H and O–H groups in total. The van der Waals surface area contributed by atoms with E-state index in [2.05, 4.69) is 42.1 Å². The van der Waals surface area contributed by atoms with Gasteiger partial charge < -0.3 is 14.2 Å². The number of hydrogen-bond acceptors (Lipinski definition) is 7. The highest BCUT2D eigenvalue weighted by atomic mass is 16.5. The zero-order valence-electron chi connectivity index (χ0n) is 15.9. The summed E-state index contributed by atoms with van der Waals surface area (Å²) < 4.78 is 10.9. The van der Waals surface area contributed by atoms with Gasteiger partial charge in [-0.05, 0) is 29.8 Å². The van der Waals surface area contributed by atoms with Crippen LogP contribution in [0.4, 0.5) is 0 Å². The van der Waals surface area contributed by atoms with Gasteiger partial charge in [-0.1, -0.05) is 17.3 Å². The Kier molecular flexibility index (Phi) is 4.53. The van der Waals surface area contributed by atoms with Crippen molar-refractivity contribution in [3.05, 3.63) is 78.0 Å². The molecule has 0 saturated heterocycles. The van der Waals surface area contributed by atoms with E-state index in [-0.39, 0.29) is 6.04 Å². The maximum absolute atomic E-state index is 5.67. The van der Waals surface area contributed by atoms with Crippen molar-refractivity contribution in [3.8, 4) is 17.1 Å². The van der Waals surface area contributed by atoms with Gasteiger partial charge >= 0.3 is 0 Å². The molecule has 0 spiro atoms. The lowest BCUT2D eigenvalue weighted by Gasteiger charge is -2.32. The molecule has 8 nitrogen and oxygen atoms in total. The molecule has 29 heavy (non-hydrogen) atoms. The molecule has 0 amide bonds. The number of methoxy groups -OCH3 is 1. The number of ether oxygens (including phenoxy) is 1. The molecular formula is C21H20N6O2. The van der Waals surface area contributed by atoms with Crippen LogP contribution in [0.25, 0.3) is 11.4 Å². The lowest BCUT2D eigenvalue weighted by molar-refractivity contribution is 0.128. The summed E-state index contributed by atoms with van der Waals surface area (Å²) in [6.07, 6.45) is 5.90. The number of hydrogen-bond donors (Lipinski definition) is 1. The van der Waals surface area contributed by atoms with Gasteiger partial charge in [-0.15, -0.1) is 0 Å². The second kappa shape index (κ2) is 7.48. The van der Waals surface area contributed by atoms with Crippen LogP contribution in [0.5, 0.6) is 5.75 Å². The van der Waals surface area contributed by atoms with E-state index in [1.54, 1.807) is 25.8 Å². The van der Waals surface area contributed by atoms with Crippen LogP contribution in [0.1, 0.15) is 28.9 Å². The minimum absolute atomic E-state index is 0.0454. The highest BCUT2D eigenvalue weighted by molar-refractivity contribution is 5.52. The molecule has 1 atom stereocenters. The third-order valence-electron chi connectivity index (χ3n) is 5.21. The normalized spacial score (nSPS) is 16.5. The lowest BCUT2D eigenvalue weighted by atomic mass is 10.0. The molecule has 146 valence electrons. The number of H-pyrrole nitrogens is 1. The number of rotatable bonds is 5. The van der Waals surface area contributed by atoms with Crippen LogP contribution in [0.3, 0.4) is 0 Å². The van der Waals surface area contributed by atoms with Crippen molar-refractivity contribution in [3.63, 3.8) is 0 Å². The topological polar surface area (TPSA) is 93.0 Å². The van der Waals surface area contributed by atoms with E-state index in [0.29, 0.717) is 18.1 Å². The zero-order valence-corrected chi connectivity index (χ0v) is 15.9. The average Bonchev–Trinajstić information content (AvgIpc) is 3.44. The van der Waals surface area contributed by atoms with Gasteiger partial charge in [0.1, 0.15) is 5.75 Å². The number of nitrogens with zero attached hydrogens (tertiary/aromatic N) is 5. The van der Waals surface area contributed by atoms with E-state index < -0.39 is 0 Å². The number of nitrogens with one attached hydrogen (secondary N) is 1. The molecule has 0 unspecified atom stereocenters. The van der Waals surface area contributed by atoms with E-state index in [1.807, 2.05) is 24.3 Å². The van der Waals surface area contributed by atoms with Crippen molar-refractivity contribution in [1.29, 1.82) is 0 Å². The molecular weight excluding hydrogens is 368 g/mol. The fourth-order valence-electron chi connectivity index (χ4n) is 3.65. The predicted molar refractivity (Wildman–Crippen MR) is 105 cm³/mol. The number of fused-ring (bicyclic) bond motifs is 1. The lowest BCUT2D eigenvalue weighted by Crippen LogP contribution is -2.34. The van der Waals surface area contributed by atoms with Crippen LogP contribution in [0.2, 0.25) is 0 Å². The van der Waals surface area contributed by atoms with Crippen LogP contribution in [0, 0.1) is 0 Å². The summed E-state index contributed by atoms with van der Waals surface area (Å²) in [4.78, 5) is 18.8. The smallest absolute Gasteiger partial charge is 0.244 e. The number of aromatic amines is 1. The second-order valence-corrected chi connectivity index (χ2v) is 6.99. The van der Waals surface area contributed by atoms with E-state index >= 15 is 0 Å². The fourth-order valence-corrected chi connectivity index (χ4v) is 3.65. The summed E-state index contributed by atoms with van der Waals surface area (Å²) >= 11 is 0. The van der Waals surface area contributed by atoms with Gasteiger partial charge in [0.05, 0.1) is 30.9 Å². The van der Waals surface area contributed by atoms with Crippen LogP contribution < -0.4 is 4.74 Å². The van der Waals surface area contributed by atoms with Crippen molar-refractivity contribution >= 4 is 0 Å². The molecule has 0 aliphatic carbocycles. The summed E-state index contributed by atoms with van der Waals surface area (Å²) in [5.74, 6) is 2.01. The largest absolute Gasteiger partial charge is 0.497 e. The molecule has 1 aliphatic rings. The molecule has 1 aliphatic heterocycles. The monoisotopic (exact) mass is 388 g/mol. The summed E-state index contributed by atoms with van der Waals surface area (Å²) in [5, 5.41) is 4.18. The molecule has 1 aromatic carbocycles. The molecule has 8 heteroatoms. The van der Waals surface area contributed by atoms with Crippen LogP contribution in [-0.2, 0) is 19.5 Å². The average molecular weight is 388 g/mol. The third-order valence-corrected chi connectivity index (χ3v) is 5.21. The van der Waals surface area contributed by atoms with E-state index in [9.17, 15) is 0 Å². The number of pyridine rings is 1. The molecule has 0 bridgehead atoms. The Morgan fingerprint density at radius 1 is 1.17 bits per heavy atom. The van der Waals surface area contributed by atoms with Gasteiger partial charge in [-0.3, -0.25) is 9.88 Å². The maximum atomic E-state index is 5.67. The molecule has 3 aromatic heterocycles. The number of benzene rings is 1. The van der Waals surface area contributed by atoms with Crippen molar-refractivity contribution in [2.75, 3.05) is 7.11 Å².